The zero-order chi connectivity index (χ0) is 11.4. The van der Waals surface area contributed by atoms with Crippen LogP contribution in [0.1, 0.15) is 74.1 Å². The van der Waals surface area contributed by atoms with Crippen LogP contribution < -0.4 is 0 Å². The summed E-state index contributed by atoms with van der Waals surface area (Å²) < 4.78 is 0. The predicted molar refractivity (Wildman–Crippen MR) is 66.5 cm³/mol. The van der Waals surface area contributed by atoms with Gasteiger partial charge in [0.25, 0.3) is 0 Å². The molecule has 0 aliphatic heterocycles. The second-order valence-electron chi connectivity index (χ2n) is 6.08. The van der Waals surface area contributed by atoms with E-state index < -0.39 is 0 Å². The summed E-state index contributed by atoms with van der Waals surface area (Å²) in [6.45, 7) is 16.7. The van der Waals surface area contributed by atoms with Crippen molar-refractivity contribution in [2.24, 2.45) is 16.7 Å². The highest BCUT2D eigenvalue weighted by Crippen LogP contribution is 2.47. The number of hydrogen-bond acceptors (Lipinski definition) is 0. The van der Waals surface area contributed by atoms with Crippen molar-refractivity contribution in [2.75, 3.05) is 0 Å². The SMILES string of the molecule is CCC(C)(CC)C(C)(C)CCC(C)C. The molecule has 0 heterocycles. The Morgan fingerprint density at radius 1 is 0.929 bits per heavy atom. The van der Waals surface area contributed by atoms with Crippen LogP contribution in [0.3, 0.4) is 0 Å². The van der Waals surface area contributed by atoms with E-state index >= 15 is 0 Å². The number of rotatable bonds is 6. The van der Waals surface area contributed by atoms with E-state index in [9.17, 15) is 0 Å². The fourth-order valence-electron chi connectivity index (χ4n) is 2.16. The van der Waals surface area contributed by atoms with Crippen molar-refractivity contribution in [3.8, 4) is 0 Å². The molecule has 0 fully saturated rings. The fourth-order valence-corrected chi connectivity index (χ4v) is 2.16. The van der Waals surface area contributed by atoms with Gasteiger partial charge < -0.3 is 0 Å². The van der Waals surface area contributed by atoms with E-state index in [4.69, 9.17) is 0 Å². The number of hydrogen-bond donors (Lipinski definition) is 0. The Balaban J connectivity index is 4.41. The predicted octanol–water partition coefficient (Wildman–Crippen LogP) is 5.28. The standard InChI is InChI=1S/C14H30/c1-8-14(7,9-2)13(5,6)11-10-12(3)4/h12H,8-11H2,1-7H3. The fraction of sp³-hybridized carbons (Fsp3) is 1.00. The molecule has 0 spiro atoms. The van der Waals surface area contributed by atoms with Gasteiger partial charge in [-0.25, -0.2) is 0 Å². The summed E-state index contributed by atoms with van der Waals surface area (Å²) in [5.74, 6) is 0.840. The van der Waals surface area contributed by atoms with Crippen LogP contribution in [0, 0.1) is 16.7 Å². The Hall–Kier alpha value is 0. The van der Waals surface area contributed by atoms with Crippen molar-refractivity contribution >= 4 is 0 Å². The first kappa shape index (κ1) is 14.0. The van der Waals surface area contributed by atoms with Crippen molar-refractivity contribution in [3.63, 3.8) is 0 Å². The van der Waals surface area contributed by atoms with Crippen LogP contribution in [0.2, 0.25) is 0 Å². The van der Waals surface area contributed by atoms with Crippen molar-refractivity contribution in [3.05, 3.63) is 0 Å². The molecule has 0 atom stereocenters. The Labute approximate surface area is 91.5 Å². The summed E-state index contributed by atoms with van der Waals surface area (Å²) >= 11 is 0. The topological polar surface area (TPSA) is 0 Å². The first-order valence-corrected chi connectivity index (χ1v) is 6.29. The van der Waals surface area contributed by atoms with E-state index in [2.05, 4.69) is 48.5 Å². The molecule has 0 aliphatic carbocycles. The summed E-state index contributed by atoms with van der Waals surface area (Å²) in [6, 6.07) is 0. The largest absolute Gasteiger partial charge is 0.0648 e. The summed E-state index contributed by atoms with van der Waals surface area (Å²) in [7, 11) is 0. The lowest BCUT2D eigenvalue weighted by molar-refractivity contribution is 0.0626. The van der Waals surface area contributed by atoms with Crippen LogP contribution in [0.15, 0.2) is 0 Å². The van der Waals surface area contributed by atoms with Crippen LogP contribution in [0.25, 0.3) is 0 Å². The molecule has 0 heteroatoms. The highest BCUT2D eigenvalue weighted by Gasteiger charge is 2.37. The maximum absolute atomic E-state index is 2.45. The molecule has 0 nitrogen and oxygen atoms in total. The van der Waals surface area contributed by atoms with Crippen LogP contribution >= 0.6 is 0 Å². The summed E-state index contributed by atoms with van der Waals surface area (Å²) in [6.07, 6.45) is 5.33. The Bertz CT molecular complexity index is 149. The minimum Gasteiger partial charge on any atom is -0.0648 e. The van der Waals surface area contributed by atoms with Gasteiger partial charge in [0.15, 0.2) is 0 Å². The molecule has 86 valence electrons. The normalized spacial score (nSPS) is 13.7. The minimum atomic E-state index is 0.487. The van der Waals surface area contributed by atoms with Gasteiger partial charge in [-0.05, 0) is 23.2 Å². The van der Waals surface area contributed by atoms with E-state index in [1.807, 2.05) is 0 Å². The molecule has 0 aromatic heterocycles. The monoisotopic (exact) mass is 198 g/mol. The van der Waals surface area contributed by atoms with Crippen LogP contribution in [-0.4, -0.2) is 0 Å². The average Bonchev–Trinajstić information content (AvgIpc) is 2.13. The average molecular weight is 198 g/mol. The van der Waals surface area contributed by atoms with Crippen LogP contribution in [-0.2, 0) is 0 Å². The van der Waals surface area contributed by atoms with Crippen molar-refractivity contribution in [1.82, 2.24) is 0 Å². The van der Waals surface area contributed by atoms with Gasteiger partial charge in [-0.2, -0.15) is 0 Å². The second kappa shape index (κ2) is 5.19. The Morgan fingerprint density at radius 2 is 1.36 bits per heavy atom. The van der Waals surface area contributed by atoms with Gasteiger partial charge in [-0.3, -0.25) is 0 Å². The molecular formula is C14H30. The highest BCUT2D eigenvalue weighted by atomic mass is 14.4. The molecule has 0 N–H and O–H groups in total. The third kappa shape index (κ3) is 3.29. The van der Waals surface area contributed by atoms with Crippen molar-refractivity contribution < 1.29 is 0 Å². The van der Waals surface area contributed by atoms with Gasteiger partial charge >= 0.3 is 0 Å². The zero-order valence-corrected chi connectivity index (χ0v) is 11.4. The van der Waals surface area contributed by atoms with Crippen LogP contribution in [0.5, 0.6) is 0 Å². The summed E-state index contributed by atoms with van der Waals surface area (Å²) in [5.41, 5.74) is 1.00. The maximum Gasteiger partial charge on any atom is -0.0280 e. The smallest absolute Gasteiger partial charge is 0.0280 e. The molecule has 0 radical (unpaired) electrons. The lowest BCUT2D eigenvalue weighted by Crippen LogP contribution is -2.34. The highest BCUT2D eigenvalue weighted by molar-refractivity contribution is 4.87. The molecule has 0 rings (SSSR count). The van der Waals surface area contributed by atoms with Gasteiger partial charge in [0, 0.05) is 0 Å². The van der Waals surface area contributed by atoms with E-state index in [1.54, 1.807) is 0 Å². The zero-order valence-electron chi connectivity index (χ0n) is 11.4. The van der Waals surface area contributed by atoms with Gasteiger partial charge in [0.2, 0.25) is 0 Å². The molecule has 0 aliphatic rings. The van der Waals surface area contributed by atoms with E-state index in [0.717, 1.165) is 5.92 Å². The Morgan fingerprint density at radius 3 is 1.64 bits per heavy atom. The van der Waals surface area contributed by atoms with Gasteiger partial charge in [-0.15, -0.1) is 0 Å². The van der Waals surface area contributed by atoms with Gasteiger partial charge in [0.05, 0.1) is 0 Å². The molecule has 0 amide bonds. The molecule has 0 aromatic rings. The first-order chi connectivity index (χ1) is 6.29. The molecule has 0 unspecified atom stereocenters. The maximum atomic E-state index is 2.45. The molecule has 0 saturated heterocycles. The lowest BCUT2D eigenvalue weighted by Gasteiger charge is -2.44. The van der Waals surface area contributed by atoms with E-state index in [1.165, 1.54) is 25.7 Å². The Kier molecular flexibility index (Phi) is 5.19. The van der Waals surface area contributed by atoms with E-state index in [0.29, 0.717) is 10.8 Å². The molecule has 14 heavy (non-hydrogen) atoms. The van der Waals surface area contributed by atoms with E-state index in [-0.39, 0.29) is 0 Å². The van der Waals surface area contributed by atoms with Crippen molar-refractivity contribution in [1.29, 1.82) is 0 Å². The van der Waals surface area contributed by atoms with Gasteiger partial charge in [0.1, 0.15) is 0 Å². The molecule has 0 bridgehead atoms. The minimum absolute atomic E-state index is 0.487. The summed E-state index contributed by atoms with van der Waals surface area (Å²) in [4.78, 5) is 0. The third-order valence-electron chi connectivity index (χ3n) is 4.54. The lowest BCUT2D eigenvalue weighted by atomic mass is 9.61. The van der Waals surface area contributed by atoms with Crippen molar-refractivity contribution in [2.45, 2.75) is 74.1 Å². The summed E-state index contributed by atoms with van der Waals surface area (Å²) in [5, 5.41) is 0. The molecule has 0 saturated carbocycles. The van der Waals surface area contributed by atoms with Crippen LogP contribution in [0.4, 0.5) is 0 Å². The molecule has 0 aromatic carbocycles. The molecular weight excluding hydrogens is 168 g/mol. The quantitative estimate of drug-likeness (QED) is 0.545. The van der Waals surface area contributed by atoms with Gasteiger partial charge in [-0.1, -0.05) is 67.7 Å². The second-order valence-corrected chi connectivity index (χ2v) is 6.08. The third-order valence-corrected chi connectivity index (χ3v) is 4.54. The first-order valence-electron chi connectivity index (χ1n) is 6.29.